The van der Waals surface area contributed by atoms with Crippen LogP contribution in [-0.4, -0.2) is 12.1 Å². The molecule has 0 atom stereocenters. The Kier molecular flexibility index (Phi) is 5.04. The van der Waals surface area contributed by atoms with Gasteiger partial charge in [0, 0.05) is 5.56 Å². The summed E-state index contributed by atoms with van der Waals surface area (Å²) in [4.78, 5) is 11.9. The van der Waals surface area contributed by atoms with E-state index in [1.807, 2.05) is 62.4 Å². The molecule has 0 radical (unpaired) electrons. The fraction of sp³-hybridized carbons (Fsp3) is 0.111. The van der Waals surface area contributed by atoms with Crippen LogP contribution in [-0.2, 0) is 0 Å². The van der Waals surface area contributed by atoms with Crippen LogP contribution in [0.5, 0.6) is 0 Å². The molecule has 2 aromatic rings. The molecule has 2 rings (SSSR count). The third-order valence-electron chi connectivity index (χ3n) is 2.94. The SMILES string of the molecule is CC(/C=N\NC(=O)c1ccc(C)cc1)=C/c1ccccc1. The smallest absolute Gasteiger partial charge is 0.267 e. The first kappa shape index (κ1) is 14.7. The molecule has 1 N–H and O–H groups in total. The lowest BCUT2D eigenvalue weighted by atomic mass is 10.1. The second kappa shape index (κ2) is 7.20. The van der Waals surface area contributed by atoms with E-state index in [2.05, 4.69) is 10.5 Å². The third-order valence-corrected chi connectivity index (χ3v) is 2.94. The minimum atomic E-state index is -0.209. The monoisotopic (exact) mass is 278 g/mol. The molecule has 0 aliphatic carbocycles. The quantitative estimate of drug-likeness (QED) is 0.670. The average Bonchev–Trinajstić information content (AvgIpc) is 2.49. The molecule has 0 heterocycles. The van der Waals surface area contributed by atoms with Crippen molar-refractivity contribution < 1.29 is 4.79 Å². The summed E-state index contributed by atoms with van der Waals surface area (Å²) in [7, 11) is 0. The molecule has 1 amide bonds. The summed E-state index contributed by atoms with van der Waals surface area (Å²) in [6.07, 6.45) is 3.64. The van der Waals surface area contributed by atoms with Crippen molar-refractivity contribution in [2.45, 2.75) is 13.8 Å². The van der Waals surface area contributed by atoms with Crippen LogP contribution in [0.25, 0.3) is 6.08 Å². The van der Waals surface area contributed by atoms with Crippen molar-refractivity contribution in [2.75, 3.05) is 0 Å². The van der Waals surface area contributed by atoms with Gasteiger partial charge in [0.2, 0.25) is 0 Å². The number of carbonyl (C=O) groups excluding carboxylic acids is 1. The minimum Gasteiger partial charge on any atom is -0.267 e. The molecule has 0 aliphatic heterocycles. The number of allylic oxidation sites excluding steroid dienone is 1. The number of aryl methyl sites for hydroxylation is 1. The van der Waals surface area contributed by atoms with Crippen molar-refractivity contribution in [2.24, 2.45) is 5.10 Å². The third kappa shape index (κ3) is 4.73. The molecule has 0 aliphatic rings. The highest BCUT2D eigenvalue weighted by molar-refractivity contribution is 5.95. The number of rotatable bonds is 4. The standard InChI is InChI=1S/C18H18N2O/c1-14-8-10-17(11-9-14)18(21)20-19-13-15(2)12-16-6-4-3-5-7-16/h3-13H,1-2H3,(H,20,21)/b15-12-,19-13-. The fourth-order valence-electron chi connectivity index (χ4n) is 1.81. The van der Waals surface area contributed by atoms with Gasteiger partial charge in [0.25, 0.3) is 5.91 Å². The van der Waals surface area contributed by atoms with Gasteiger partial charge in [-0.25, -0.2) is 5.43 Å². The Morgan fingerprint density at radius 1 is 1.05 bits per heavy atom. The average molecular weight is 278 g/mol. The maximum Gasteiger partial charge on any atom is 0.271 e. The Hall–Kier alpha value is -2.68. The summed E-state index contributed by atoms with van der Waals surface area (Å²) < 4.78 is 0. The van der Waals surface area contributed by atoms with Gasteiger partial charge in [-0.05, 0) is 37.1 Å². The van der Waals surface area contributed by atoms with Crippen molar-refractivity contribution in [1.29, 1.82) is 0 Å². The Morgan fingerprint density at radius 2 is 1.71 bits per heavy atom. The predicted molar refractivity (Wildman–Crippen MR) is 87.2 cm³/mol. The fourth-order valence-corrected chi connectivity index (χ4v) is 1.81. The van der Waals surface area contributed by atoms with E-state index in [1.165, 1.54) is 0 Å². The van der Waals surface area contributed by atoms with E-state index in [0.29, 0.717) is 5.56 Å². The van der Waals surface area contributed by atoms with Crippen molar-refractivity contribution in [3.63, 3.8) is 0 Å². The van der Waals surface area contributed by atoms with E-state index in [9.17, 15) is 4.79 Å². The Labute approximate surface area is 125 Å². The molecule has 0 bridgehead atoms. The summed E-state index contributed by atoms with van der Waals surface area (Å²) in [5, 5.41) is 3.97. The summed E-state index contributed by atoms with van der Waals surface area (Å²) in [5.74, 6) is -0.209. The zero-order valence-electron chi connectivity index (χ0n) is 12.2. The van der Waals surface area contributed by atoms with E-state index in [0.717, 1.165) is 16.7 Å². The van der Waals surface area contributed by atoms with Crippen LogP contribution in [0, 0.1) is 6.92 Å². The molecule has 21 heavy (non-hydrogen) atoms. The Morgan fingerprint density at radius 3 is 2.38 bits per heavy atom. The van der Waals surface area contributed by atoms with Crippen LogP contribution in [0.2, 0.25) is 0 Å². The lowest BCUT2D eigenvalue weighted by Crippen LogP contribution is -2.17. The molecule has 2 aromatic carbocycles. The lowest BCUT2D eigenvalue weighted by molar-refractivity contribution is 0.0955. The number of nitrogens with one attached hydrogen (secondary N) is 1. The maximum absolute atomic E-state index is 11.9. The summed E-state index contributed by atoms with van der Waals surface area (Å²) in [6, 6.07) is 17.3. The topological polar surface area (TPSA) is 41.5 Å². The molecule has 0 fully saturated rings. The number of carbonyl (C=O) groups is 1. The molecular formula is C18H18N2O. The highest BCUT2D eigenvalue weighted by Crippen LogP contribution is 2.05. The Bertz CT molecular complexity index is 655. The van der Waals surface area contributed by atoms with Gasteiger partial charge in [0.05, 0.1) is 6.21 Å². The van der Waals surface area contributed by atoms with Crippen molar-refractivity contribution >= 4 is 18.2 Å². The molecule has 0 spiro atoms. The zero-order chi connectivity index (χ0) is 15.1. The van der Waals surface area contributed by atoms with Crippen LogP contribution >= 0.6 is 0 Å². The summed E-state index contributed by atoms with van der Waals surface area (Å²) in [6.45, 7) is 3.92. The van der Waals surface area contributed by atoms with Gasteiger partial charge < -0.3 is 0 Å². The van der Waals surface area contributed by atoms with E-state index in [-0.39, 0.29) is 5.91 Å². The number of hydrogen-bond donors (Lipinski definition) is 1. The second-order valence-electron chi connectivity index (χ2n) is 4.86. The van der Waals surface area contributed by atoms with Gasteiger partial charge in [-0.15, -0.1) is 0 Å². The first-order valence-electron chi connectivity index (χ1n) is 6.78. The first-order chi connectivity index (χ1) is 10.1. The Balaban J connectivity index is 1.94. The molecule has 0 saturated carbocycles. The second-order valence-corrected chi connectivity index (χ2v) is 4.86. The van der Waals surface area contributed by atoms with Gasteiger partial charge >= 0.3 is 0 Å². The van der Waals surface area contributed by atoms with E-state index in [4.69, 9.17) is 0 Å². The number of hydrogen-bond acceptors (Lipinski definition) is 2. The van der Waals surface area contributed by atoms with Crippen molar-refractivity contribution in [1.82, 2.24) is 5.43 Å². The number of hydrazone groups is 1. The van der Waals surface area contributed by atoms with Gasteiger partial charge in [0.1, 0.15) is 0 Å². The largest absolute Gasteiger partial charge is 0.271 e. The number of nitrogens with zero attached hydrogens (tertiary/aromatic N) is 1. The minimum absolute atomic E-state index is 0.209. The molecule has 3 nitrogen and oxygen atoms in total. The number of amides is 1. The van der Waals surface area contributed by atoms with Crippen molar-refractivity contribution in [3.8, 4) is 0 Å². The first-order valence-corrected chi connectivity index (χ1v) is 6.78. The lowest BCUT2D eigenvalue weighted by Gasteiger charge is -2.00. The van der Waals surface area contributed by atoms with E-state index >= 15 is 0 Å². The molecule has 0 unspecified atom stereocenters. The molecule has 0 aromatic heterocycles. The molecular weight excluding hydrogens is 260 g/mol. The van der Waals surface area contributed by atoms with Crippen LogP contribution < -0.4 is 5.43 Å². The van der Waals surface area contributed by atoms with Gasteiger partial charge in [-0.1, -0.05) is 54.1 Å². The normalized spacial score (nSPS) is 11.6. The highest BCUT2D eigenvalue weighted by atomic mass is 16.2. The van der Waals surface area contributed by atoms with Crippen molar-refractivity contribution in [3.05, 3.63) is 76.9 Å². The van der Waals surface area contributed by atoms with Gasteiger partial charge in [-0.3, -0.25) is 4.79 Å². The maximum atomic E-state index is 11.9. The summed E-state index contributed by atoms with van der Waals surface area (Å²) in [5.41, 5.74) is 6.31. The molecule has 0 saturated heterocycles. The molecule has 106 valence electrons. The van der Waals surface area contributed by atoms with Gasteiger partial charge in [-0.2, -0.15) is 5.10 Å². The van der Waals surface area contributed by atoms with Crippen LogP contribution in [0.4, 0.5) is 0 Å². The predicted octanol–water partition coefficient (Wildman–Crippen LogP) is 3.81. The van der Waals surface area contributed by atoms with Crippen LogP contribution in [0.3, 0.4) is 0 Å². The van der Waals surface area contributed by atoms with E-state index in [1.54, 1.807) is 18.3 Å². The summed E-state index contributed by atoms with van der Waals surface area (Å²) >= 11 is 0. The van der Waals surface area contributed by atoms with Gasteiger partial charge in [0.15, 0.2) is 0 Å². The van der Waals surface area contributed by atoms with Crippen LogP contribution in [0.1, 0.15) is 28.4 Å². The highest BCUT2D eigenvalue weighted by Gasteiger charge is 2.02. The number of benzene rings is 2. The van der Waals surface area contributed by atoms with Crippen LogP contribution in [0.15, 0.2) is 65.3 Å². The van der Waals surface area contributed by atoms with E-state index < -0.39 is 0 Å². The molecule has 3 heteroatoms. The zero-order valence-corrected chi connectivity index (χ0v) is 12.2.